The number of halogens is 1. The third kappa shape index (κ3) is 5.42. The molecule has 7 aromatic carbocycles. The topological polar surface area (TPSA) is 29.6 Å². The normalized spacial score (nSPS) is 15.0. The smallest absolute Gasteiger partial charge is 0.153 e. The van der Waals surface area contributed by atoms with E-state index in [1.165, 1.54) is 74.7 Å². The molecule has 0 amide bonds. The maximum absolute atomic E-state index is 6.38. The lowest BCUT2D eigenvalue weighted by Crippen LogP contribution is -2.05. The van der Waals surface area contributed by atoms with Crippen LogP contribution in [0.3, 0.4) is 0 Å². The van der Waals surface area contributed by atoms with Gasteiger partial charge in [-0.3, -0.25) is 9.56 Å². The fraction of sp³-hybridized carbons (Fsp3) is 0.102. The van der Waals surface area contributed by atoms with Gasteiger partial charge in [0.1, 0.15) is 6.00 Å². The lowest BCUT2D eigenvalue weighted by molar-refractivity contribution is 0.997. The third-order valence-corrected chi connectivity index (χ3v) is 13.4. The molecule has 1 aliphatic heterocycles. The number of rotatable bonds is 4. The molecule has 3 nitrogen and oxygen atoms in total. The number of aliphatic imine (C=N–C) groups is 2. The highest BCUT2D eigenvalue weighted by Gasteiger charge is 2.30. The number of thioether (sulfide) groups is 1. The van der Waals surface area contributed by atoms with Gasteiger partial charge in [-0.15, -0.1) is 22.9 Å². The molecule has 274 valence electrons. The molecule has 56 heavy (non-hydrogen) atoms. The van der Waals surface area contributed by atoms with E-state index in [0.29, 0.717) is 0 Å². The number of aryl methyl sites for hydroxylation is 1. The first kappa shape index (κ1) is 36.5. The Bertz CT molecular complexity index is 3160. The van der Waals surface area contributed by atoms with E-state index in [0.717, 1.165) is 50.8 Å². The highest BCUT2D eigenvalue weighted by Crippen LogP contribution is 2.51. The first-order valence-corrected chi connectivity index (χ1v) is 21.0. The molecule has 0 fully saturated rings. The van der Waals surface area contributed by atoms with Gasteiger partial charge in [0.05, 0.1) is 21.7 Å². The van der Waals surface area contributed by atoms with Gasteiger partial charge in [0, 0.05) is 46.8 Å². The van der Waals surface area contributed by atoms with E-state index in [9.17, 15) is 0 Å². The molecular weight excluding hydrogens is 762 g/mol. The molecule has 0 atom stereocenters. The van der Waals surface area contributed by atoms with Crippen molar-refractivity contribution in [3.05, 3.63) is 149 Å². The molecule has 0 unspecified atom stereocenters. The van der Waals surface area contributed by atoms with Crippen molar-refractivity contribution >= 4 is 136 Å². The Hall–Kier alpha value is -5.11. The maximum Gasteiger partial charge on any atom is 0.153 e. The minimum atomic E-state index is 0. The Balaban J connectivity index is 0.00000135. The summed E-state index contributed by atoms with van der Waals surface area (Å²) in [4.78, 5) is 11.9. The van der Waals surface area contributed by atoms with E-state index < -0.39 is 0 Å². The number of allylic oxidation sites excluding steroid dienone is 2. The molecule has 9 aromatic rings. The van der Waals surface area contributed by atoms with Gasteiger partial charge in [0.15, 0.2) is 5.82 Å². The van der Waals surface area contributed by atoms with Crippen LogP contribution >= 0.6 is 48.2 Å². The van der Waals surface area contributed by atoms with Crippen LogP contribution < -0.4 is 0 Å². The van der Waals surface area contributed by atoms with Gasteiger partial charge < -0.3 is 0 Å². The zero-order chi connectivity index (χ0) is 37.2. The standard InChI is InChI=1S/C47H30ClN3S2.C2H6.H2S/c1-49-47(46-43(50-26-48)36-19-9-11-21-40(36)53-46)51-38-25-28(37-24-27-12-2-3-13-29(27)30-14-4-5-15-31(30)37)22-23-34(38)41-32-16-6-7-17-33(32)45-42(44(41)51)35-18-8-10-20-39(35)52-45;1-2;/h2,4-12,14-25H,1,3,13,26H2;1-2H3;1H2/b47-46-,50-43-;;. The van der Waals surface area contributed by atoms with Crippen LogP contribution in [0.1, 0.15) is 37.0 Å². The molecule has 0 saturated heterocycles. The highest BCUT2D eigenvalue weighted by molar-refractivity contribution is 8.05. The van der Waals surface area contributed by atoms with Crippen molar-refractivity contribution in [3.8, 4) is 11.1 Å². The molecule has 2 aliphatic rings. The van der Waals surface area contributed by atoms with Crippen molar-refractivity contribution in [2.45, 2.75) is 31.6 Å². The van der Waals surface area contributed by atoms with Crippen molar-refractivity contribution in [2.75, 3.05) is 6.00 Å². The molecule has 0 N–H and O–H groups in total. The summed E-state index contributed by atoms with van der Waals surface area (Å²) in [6, 6.07) is 44.5. The quantitative estimate of drug-likeness (QED) is 0.0990. The second-order valence-corrected chi connectivity index (χ2v) is 16.0. The van der Waals surface area contributed by atoms with E-state index in [-0.39, 0.29) is 19.5 Å². The Morgan fingerprint density at radius 1 is 0.750 bits per heavy atom. The van der Waals surface area contributed by atoms with Crippen molar-refractivity contribution in [3.63, 3.8) is 0 Å². The Morgan fingerprint density at radius 2 is 1.46 bits per heavy atom. The summed E-state index contributed by atoms with van der Waals surface area (Å²) in [6.45, 7) is 8.26. The van der Waals surface area contributed by atoms with E-state index in [4.69, 9.17) is 21.6 Å². The average Bonchev–Trinajstić information content (AvgIpc) is 3.92. The summed E-state index contributed by atoms with van der Waals surface area (Å²) < 4.78 is 4.92. The zero-order valence-corrected chi connectivity index (χ0v) is 34.5. The van der Waals surface area contributed by atoms with E-state index in [1.807, 2.05) is 25.2 Å². The Morgan fingerprint density at radius 3 is 2.27 bits per heavy atom. The summed E-state index contributed by atoms with van der Waals surface area (Å²) in [5.74, 6) is 0.761. The van der Waals surface area contributed by atoms with Gasteiger partial charge >= 0.3 is 0 Å². The molecule has 2 aromatic heterocycles. The second kappa shape index (κ2) is 14.8. The van der Waals surface area contributed by atoms with Gasteiger partial charge in [-0.1, -0.05) is 135 Å². The van der Waals surface area contributed by atoms with Crippen LogP contribution in [-0.2, 0) is 6.42 Å². The summed E-state index contributed by atoms with van der Waals surface area (Å²) in [5.41, 5.74) is 9.29. The van der Waals surface area contributed by atoms with Crippen molar-refractivity contribution in [1.82, 2.24) is 4.57 Å². The Kier molecular flexibility index (Phi) is 9.63. The monoisotopic (exact) mass is 799 g/mol. The van der Waals surface area contributed by atoms with Crippen molar-refractivity contribution < 1.29 is 0 Å². The predicted molar refractivity (Wildman–Crippen MR) is 254 cm³/mol. The van der Waals surface area contributed by atoms with E-state index >= 15 is 0 Å². The van der Waals surface area contributed by atoms with Gasteiger partial charge in [-0.05, 0) is 82.2 Å². The molecule has 7 heteroatoms. The number of nitrogens with zero attached hydrogens (tertiary/aromatic N) is 3. The Labute approximate surface area is 346 Å². The highest BCUT2D eigenvalue weighted by atomic mass is 35.5. The lowest BCUT2D eigenvalue weighted by atomic mass is 9.87. The fourth-order valence-corrected chi connectivity index (χ4v) is 11.3. The number of alkyl halides is 1. The molecule has 0 spiro atoms. The van der Waals surface area contributed by atoms with Gasteiger partial charge in [0.2, 0.25) is 0 Å². The molecule has 0 radical (unpaired) electrons. The van der Waals surface area contributed by atoms with Gasteiger partial charge in [0.25, 0.3) is 0 Å². The first-order chi connectivity index (χ1) is 27.2. The molecule has 0 saturated carbocycles. The largest absolute Gasteiger partial charge is 0.292 e. The van der Waals surface area contributed by atoms with Crippen molar-refractivity contribution in [1.29, 1.82) is 0 Å². The second-order valence-electron chi connectivity index (χ2n) is 13.7. The first-order valence-electron chi connectivity index (χ1n) is 18.8. The SMILES string of the molecule is C=N/C(=C1/Sc2ccccc2/C1=N/CCl)n1c2cc(-c3cc4c(c5ccccc35)CCC=C4)ccc2c2c3ccccc3c3sc4ccccc4c3c21.CC.S. The van der Waals surface area contributed by atoms with Gasteiger partial charge in [-0.25, -0.2) is 4.99 Å². The number of hydrogen-bond donors (Lipinski definition) is 0. The zero-order valence-electron chi connectivity index (χ0n) is 31.1. The number of thiophene rings is 1. The summed E-state index contributed by atoms with van der Waals surface area (Å²) >= 11 is 9.94. The minimum absolute atomic E-state index is 0. The molecule has 11 rings (SSSR count). The molecule has 0 bridgehead atoms. The lowest BCUT2D eigenvalue weighted by Gasteiger charge is -2.18. The van der Waals surface area contributed by atoms with Crippen LogP contribution in [0.15, 0.2) is 147 Å². The summed E-state index contributed by atoms with van der Waals surface area (Å²) in [7, 11) is 0. The number of benzene rings is 7. The van der Waals surface area contributed by atoms with Crippen LogP contribution in [0.2, 0.25) is 0 Å². The van der Waals surface area contributed by atoms with Crippen LogP contribution in [0.4, 0.5) is 0 Å². The molecular formula is C49H38ClN3S3. The predicted octanol–water partition coefficient (Wildman–Crippen LogP) is 14.9. The third-order valence-electron chi connectivity index (χ3n) is 11.0. The number of hydrogen-bond acceptors (Lipinski definition) is 4. The summed E-state index contributed by atoms with van der Waals surface area (Å²) in [6.07, 6.45) is 6.73. The van der Waals surface area contributed by atoms with Gasteiger partial charge in [-0.2, -0.15) is 13.5 Å². The van der Waals surface area contributed by atoms with Crippen LogP contribution in [-0.4, -0.2) is 23.0 Å². The summed E-state index contributed by atoms with van der Waals surface area (Å²) in [5, 5.41) is 9.98. The van der Waals surface area contributed by atoms with E-state index in [1.54, 1.807) is 11.8 Å². The maximum atomic E-state index is 6.38. The van der Waals surface area contributed by atoms with Crippen LogP contribution in [0.25, 0.3) is 86.5 Å². The fourth-order valence-electron chi connectivity index (χ4n) is 8.76. The number of aromatic nitrogens is 1. The van der Waals surface area contributed by atoms with E-state index in [2.05, 4.69) is 145 Å². The van der Waals surface area contributed by atoms with Crippen molar-refractivity contribution in [2.24, 2.45) is 9.98 Å². The number of fused-ring (bicyclic) bond motifs is 14. The minimum Gasteiger partial charge on any atom is -0.292 e. The average molecular weight is 801 g/mol. The van der Waals surface area contributed by atoms with Crippen LogP contribution in [0, 0.1) is 0 Å². The van der Waals surface area contributed by atoms with Crippen LogP contribution in [0.5, 0.6) is 0 Å². The molecule has 1 aliphatic carbocycles. The molecule has 3 heterocycles.